The zero-order valence-electron chi connectivity index (χ0n) is 16.4. The number of aliphatic imine (C=N–C) groups is 1. The number of hydrogen-bond acceptors (Lipinski definition) is 3. The van der Waals surface area contributed by atoms with E-state index in [0.717, 1.165) is 24.2 Å². The van der Waals surface area contributed by atoms with E-state index in [2.05, 4.69) is 62.7 Å². The normalized spacial score (nSPS) is 18.6. The van der Waals surface area contributed by atoms with Crippen LogP contribution in [-0.4, -0.2) is 18.3 Å². The molecular weight excluding hydrogens is 318 g/mol. The first-order valence-electron chi connectivity index (χ1n) is 9.32. The fourth-order valence-electron chi connectivity index (χ4n) is 4.15. The smallest absolute Gasteiger partial charge is 0.0991 e. The first-order valence-corrected chi connectivity index (χ1v) is 9.32. The van der Waals surface area contributed by atoms with Gasteiger partial charge in [0.25, 0.3) is 0 Å². The highest BCUT2D eigenvalue weighted by Crippen LogP contribution is 2.44. The molecule has 0 aromatic heterocycles. The second-order valence-electron chi connectivity index (χ2n) is 7.85. The maximum Gasteiger partial charge on any atom is 0.0991 e. The molecule has 0 fully saturated rings. The van der Waals surface area contributed by atoms with Gasteiger partial charge >= 0.3 is 0 Å². The highest BCUT2D eigenvalue weighted by molar-refractivity contribution is 5.86. The van der Waals surface area contributed by atoms with Crippen molar-refractivity contribution in [3.63, 3.8) is 0 Å². The van der Waals surface area contributed by atoms with Crippen LogP contribution in [0, 0.1) is 18.3 Å². The van der Waals surface area contributed by atoms with Gasteiger partial charge in [0.2, 0.25) is 0 Å². The Labute approximate surface area is 157 Å². The van der Waals surface area contributed by atoms with Crippen molar-refractivity contribution in [3.05, 3.63) is 58.7 Å². The Morgan fingerprint density at radius 3 is 2.58 bits per heavy atom. The summed E-state index contributed by atoms with van der Waals surface area (Å²) in [5.41, 5.74) is 6.89. The SMILES string of the molecule is CCN1c2cc(C)c(C=Nc3ccc(C#N)cc3)cc2C(C)CC1(C)C. The number of rotatable bonds is 3. The van der Waals surface area contributed by atoms with E-state index in [1.807, 2.05) is 18.3 Å². The van der Waals surface area contributed by atoms with E-state index in [9.17, 15) is 0 Å². The van der Waals surface area contributed by atoms with Crippen LogP contribution in [0.1, 0.15) is 62.3 Å². The summed E-state index contributed by atoms with van der Waals surface area (Å²) in [4.78, 5) is 7.13. The summed E-state index contributed by atoms with van der Waals surface area (Å²) in [6, 6.07) is 14.1. The molecule has 0 saturated carbocycles. The Kier molecular flexibility index (Phi) is 4.87. The molecule has 3 rings (SSSR count). The fraction of sp³-hybridized carbons (Fsp3) is 0.391. The maximum atomic E-state index is 8.90. The third kappa shape index (κ3) is 3.37. The van der Waals surface area contributed by atoms with Gasteiger partial charge in [0.15, 0.2) is 0 Å². The molecule has 0 aliphatic carbocycles. The van der Waals surface area contributed by atoms with Crippen LogP contribution >= 0.6 is 0 Å². The zero-order valence-corrected chi connectivity index (χ0v) is 16.4. The zero-order chi connectivity index (χ0) is 18.9. The number of fused-ring (bicyclic) bond motifs is 1. The summed E-state index contributed by atoms with van der Waals surface area (Å²) in [6.45, 7) is 12.4. The van der Waals surface area contributed by atoms with Crippen molar-refractivity contribution in [2.45, 2.75) is 52.5 Å². The predicted octanol–water partition coefficient (Wildman–Crippen LogP) is 5.73. The van der Waals surface area contributed by atoms with Crippen molar-refractivity contribution in [2.75, 3.05) is 11.4 Å². The van der Waals surface area contributed by atoms with E-state index in [-0.39, 0.29) is 5.54 Å². The van der Waals surface area contributed by atoms with Gasteiger partial charge in [-0.2, -0.15) is 5.26 Å². The van der Waals surface area contributed by atoms with Gasteiger partial charge in [-0.25, -0.2) is 0 Å². The van der Waals surface area contributed by atoms with Crippen molar-refractivity contribution < 1.29 is 0 Å². The molecule has 1 atom stereocenters. The van der Waals surface area contributed by atoms with Gasteiger partial charge in [0.05, 0.1) is 17.3 Å². The van der Waals surface area contributed by atoms with Gasteiger partial charge in [-0.3, -0.25) is 4.99 Å². The lowest BCUT2D eigenvalue weighted by Gasteiger charge is -2.47. The molecule has 0 N–H and O–H groups in total. The van der Waals surface area contributed by atoms with Crippen molar-refractivity contribution >= 4 is 17.6 Å². The highest BCUT2D eigenvalue weighted by atomic mass is 15.2. The number of nitriles is 1. The average molecular weight is 345 g/mol. The number of nitrogens with zero attached hydrogens (tertiary/aromatic N) is 3. The topological polar surface area (TPSA) is 39.4 Å². The Bertz CT molecular complexity index is 870. The third-order valence-electron chi connectivity index (χ3n) is 5.44. The minimum absolute atomic E-state index is 0.186. The number of hydrogen-bond donors (Lipinski definition) is 0. The Balaban J connectivity index is 1.97. The Morgan fingerprint density at radius 1 is 1.27 bits per heavy atom. The van der Waals surface area contributed by atoms with Crippen molar-refractivity contribution in [2.24, 2.45) is 4.99 Å². The van der Waals surface area contributed by atoms with Crippen LogP contribution in [0.3, 0.4) is 0 Å². The third-order valence-corrected chi connectivity index (χ3v) is 5.44. The summed E-state index contributed by atoms with van der Waals surface area (Å²) in [5, 5.41) is 8.90. The van der Waals surface area contributed by atoms with Crippen molar-refractivity contribution in [3.8, 4) is 6.07 Å². The minimum Gasteiger partial charge on any atom is -0.366 e. The second-order valence-corrected chi connectivity index (χ2v) is 7.85. The molecule has 1 aliphatic rings. The van der Waals surface area contributed by atoms with Crippen LogP contribution in [-0.2, 0) is 0 Å². The largest absolute Gasteiger partial charge is 0.366 e. The van der Waals surface area contributed by atoms with Gasteiger partial charge in [0, 0.05) is 24.0 Å². The first-order chi connectivity index (χ1) is 12.4. The van der Waals surface area contributed by atoms with Gasteiger partial charge in [-0.15, -0.1) is 0 Å². The lowest BCUT2D eigenvalue weighted by molar-refractivity contribution is 0.381. The molecule has 3 nitrogen and oxygen atoms in total. The van der Waals surface area contributed by atoms with Crippen LogP contribution in [0.2, 0.25) is 0 Å². The molecule has 0 amide bonds. The Morgan fingerprint density at radius 2 is 1.96 bits per heavy atom. The quantitative estimate of drug-likeness (QED) is 0.666. The predicted molar refractivity (Wildman–Crippen MR) is 110 cm³/mol. The fourth-order valence-corrected chi connectivity index (χ4v) is 4.15. The molecule has 2 aromatic carbocycles. The average Bonchev–Trinajstić information content (AvgIpc) is 2.60. The molecule has 2 aromatic rings. The molecule has 3 heteroatoms. The van der Waals surface area contributed by atoms with E-state index in [1.165, 1.54) is 16.8 Å². The Hall–Kier alpha value is -2.60. The van der Waals surface area contributed by atoms with Gasteiger partial charge < -0.3 is 4.90 Å². The van der Waals surface area contributed by atoms with Crippen molar-refractivity contribution in [1.82, 2.24) is 0 Å². The molecular formula is C23H27N3. The van der Waals surface area contributed by atoms with E-state index in [4.69, 9.17) is 5.26 Å². The van der Waals surface area contributed by atoms with Crippen LogP contribution in [0.15, 0.2) is 41.4 Å². The van der Waals surface area contributed by atoms with Crippen LogP contribution < -0.4 is 4.90 Å². The minimum atomic E-state index is 0.186. The molecule has 1 unspecified atom stereocenters. The molecule has 26 heavy (non-hydrogen) atoms. The van der Waals surface area contributed by atoms with Crippen LogP contribution in [0.5, 0.6) is 0 Å². The molecule has 0 radical (unpaired) electrons. The summed E-state index contributed by atoms with van der Waals surface area (Å²) in [7, 11) is 0. The lowest BCUT2D eigenvalue weighted by Crippen LogP contribution is -2.48. The van der Waals surface area contributed by atoms with E-state index >= 15 is 0 Å². The van der Waals surface area contributed by atoms with Crippen molar-refractivity contribution in [1.29, 1.82) is 5.26 Å². The molecule has 1 aliphatic heterocycles. The molecule has 0 bridgehead atoms. The summed E-state index contributed by atoms with van der Waals surface area (Å²) in [6.07, 6.45) is 3.10. The molecule has 0 saturated heterocycles. The lowest BCUT2D eigenvalue weighted by atomic mass is 9.79. The van der Waals surface area contributed by atoms with E-state index in [0.29, 0.717) is 11.5 Å². The van der Waals surface area contributed by atoms with E-state index in [1.54, 1.807) is 12.1 Å². The molecule has 1 heterocycles. The molecule has 0 spiro atoms. The standard InChI is InChI=1S/C23H27N3/c1-6-26-22-11-16(2)19(12-21(22)17(3)13-23(26,4)5)15-25-20-9-7-18(14-24)8-10-20/h7-12,15,17H,6,13H2,1-5H3. The highest BCUT2D eigenvalue weighted by Gasteiger charge is 2.35. The van der Waals surface area contributed by atoms with E-state index < -0.39 is 0 Å². The monoisotopic (exact) mass is 345 g/mol. The summed E-state index contributed by atoms with van der Waals surface area (Å²) < 4.78 is 0. The van der Waals surface area contributed by atoms with Crippen LogP contribution in [0.25, 0.3) is 0 Å². The molecule has 134 valence electrons. The summed E-state index contributed by atoms with van der Waals surface area (Å²) in [5.74, 6) is 0.533. The number of benzene rings is 2. The van der Waals surface area contributed by atoms with Gasteiger partial charge in [-0.05, 0) is 93.1 Å². The second kappa shape index (κ2) is 6.96. The summed E-state index contributed by atoms with van der Waals surface area (Å²) >= 11 is 0. The van der Waals surface area contributed by atoms with Gasteiger partial charge in [0.1, 0.15) is 0 Å². The first kappa shape index (κ1) is 18.2. The number of aryl methyl sites for hydroxylation is 1. The maximum absolute atomic E-state index is 8.90. The van der Waals surface area contributed by atoms with Gasteiger partial charge in [-0.1, -0.05) is 6.92 Å². The number of anilines is 1. The van der Waals surface area contributed by atoms with Crippen LogP contribution in [0.4, 0.5) is 11.4 Å².